The summed E-state index contributed by atoms with van der Waals surface area (Å²) in [6.07, 6.45) is 3.04. The molecule has 1 aromatic carbocycles. The first kappa shape index (κ1) is 12.3. The van der Waals surface area contributed by atoms with Gasteiger partial charge in [0.25, 0.3) is 0 Å². The van der Waals surface area contributed by atoms with E-state index < -0.39 is 0 Å². The number of hydrogen-bond donors (Lipinski definition) is 0. The maximum absolute atomic E-state index is 6.20. The molecular formula is C15H16ClN3. The zero-order valence-corrected chi connectivity index (χ0v) is 11.9. The van der Waals surface area contributed by atoms with Crippen molar-refractivity contribution in [3.8, 4) is 0 Å². The van der Waals surface area contributed by atoms with Crippen LogP contribution in [0.5, 0.6) is 0 Å². The van der Waals surface area contributed by atoms with Gasteiger partial charge in [0.15, 0.2) is 0 Å². The lowest BCUT2D eigenvalue weighted by Crippen LogP contribution is -2.04. The van der Waals surface area contributed by atoms with E-state index in [4.69, 9.17) is 11.6 Å². The Morgan fingerprint density at radius 3 is 2.84 bits per heavy atom. The Hall–Kier alpha value is -1.74. The Kier molecular flexibility index (Phi) is 3.07. The minimum absolute atomic E-state index is 0.801. The highest BCUT2D eigenvalue weighted by molar-refractivity contribution is 6.35. The van der Waals surface area contributed by atoms with Crippen LogP contribution < -0.4 is 0 Å². The van der Waals surface area contributed by atoms with E-state index in [9.17, 15) is 0 Å². The molecule has 4 heteroatoms. The number of hydrogen-bond acceptors (Lipinski definition) is 1. The highest BCUT2D eigenvalue weighted by Gasteiger charge is 2.08. The Balaban J connectivity index is 2.01. The molecule has 0 amide bonds. The minimum atomic E-state index is 0.801. The van der Waals surface area contributed by atoms with Gasteiger partial charge in [-0.25, -0.2) is 0 Å². The molecule has 2 aromatic heterocycles. The second kappa shape index (κ2) is 4.74. The van der Waals surface area contributed by atoms with Gasteiger partial charge in [-0.2, -0.15) is 5.10 Å². The highest BCUT2D eigenvalue weighted by atomic mass is 35.5. The lowest BCUT2D eigenvalue weighted by Gasteiger charge is -2.06. The van der Waals surface area contributed by atoms with Crippen molar-refractivity contribution < 1.29 is 0 Å². The number of fused-ring (bicyclic) bond motifs is 1. The van der Waals surface area contributed by atoms with Crippen molar-refractivity contribution in [3.05, 3.63) is 52.9 Å². The van der Waals surface area contributed by atoms with E-state index >= 15 is 0 Å². The molecular weight excluding hydrogens is 258 g/mol. The number of benzene rings is 1. The molecule has 0 unspecified atom stereocenters. The monoisotopic (exact) mass is 273 g/mol. The first-order valence-electron chi connectivity index (χ1n) is 6.44. The molecule has 3 nitrogen and oxygen atoms in total. The summed E-state index contributed by atoms with van der Waals surface area (Å²) in [5, 5.41) is 6.39. The summed E-state index contributed by atoms with van der Waals surface area (Å²) in [4.78, 5) is 0. The van der Waals surface area contributed by atoms with Crippen LogP contribution >= 0.6 is 11.6 Å². The maximum atomic E-state index is 6.20. The predicted octanol–water partition coefficient (Wildman–Crippen LogP) is 3.64. The zero-order chi connectivity index (χ0) is 13.4. The number of rotatable bonds is 3. The SMILES string of the molecule is CCc1cc(Cn2ccc3c(Cl)cccc32)n(C)n1. The molecule has 98 valence electrons. The van der Waals surface area contributed by atoms with Crippen molar-refractivity contribution >= 4 is 22.5 Å². The maximum Gasteiger partial charge on any atom is 0.0645 e. The zero-order valence-electron chi connectivity index (χ0n) is 11.1. The molecule has 0 saturated carbocycles. The summed E-state index contributed by atoms with van der Waals surface area (Å²) < 4.78 is 4.16. The number of aromatic nitrogens is 3. The normalized spacial score (nSPS) is 11.3. The Morgan fingerprint density at radius 1 is 1.26 bits per heavy atom. The van der Waals surface area contributed by atoms with E-state index in [1.807, 2.05) is 23.9 Å². The van der Waals surface area contributed by atoms with Gasteiger partial charge in [0.05, 0.1) is 17.9 Å². The summed E-state index contributed by atoms with van der Waals surface area (Å²) in [6, 6.07) is 10.2. The van der Waals surface area contributed by atoms with E-state index in [1.165, 1.54) is 5.69 Å². The van der Waals surface area contributed by atoms with E-state index in [1.54, 1.807) is 0 Å². The molecule has 0 aliphatic heterocycles. The van der Waals surface area contributed by atoms with Crippen LogP contribution in [0.25, 0.3) is 10.9 Å². The van der Waals surface area contributed by atoms with Gasteiger partial charge in [-0.15, -0.1) is 0 Å². The molecule has 0 N–H and O–H groups in total. The fourth-order valence-corrected chi connectivity index (χ4v) is 2.62. The fourth-order valence-electron chi connectivity index (χ4n) is 2.39. The molecule has 0 atom stereocenters. The molecule has 19 heavy (non-hydrogen) atoms. The molecule has 3 aromatic rings. The molecule has 0 fully saturated rings. The first-order chi connectivity index (χ1) is 9.19. The van der Waals surface area contributed by atoms with Crippen LogP contribution in [0.15, 0.2) is 36.5 Å². The van der Waals surface area contributed by atoms with Gasteiger partial charge < -0.3 is 4.57 Å². The second-order valence-corrected chi connectivity index (χ2v) is 5.13. The smallest absolute Gasteiger partial charge is 0.0645 e. The van der Waals surface area contributed by atoms with Gasteiger partial charge in [-0.1, -0.05) is 24.6 Å². The standard InChI is InChI=1S/C15H16ClN3/c1-3-11-9-12(18(2)17-11)10-19-8-7-13-14(16)5-4-6-15(13)19/h4-9H,3,10H2,1-2H3. The van der Waals surface area contributed by atoms with Gasteiger partial charge in [0.2, 0.25) is 0 Å². The quantitative estimate of drug-likeness (QED) is 0.714. The average molecular weight is 274 g/mol. The summed E-state index contributed by atoms with van der Waals surface area (Å²) >= 11 is 6.20. The second-order valence-electron chi connectivity index (χ2n) is 4.72. The average Bonchev–Trinajstić information content (AvgIpc) is 2.96. The van der Waals surface area contributed by atoms with Crippen LogP contribution in [0.2, 0.25) is 5.02 Å². The molecule has 2 heterocycles. The fraction of sp³-hybridized carbons (Fsp3) is 0.267. The van der Waals surface area contributed by atoms with Crippen molar-refractivity contribution in [2.45, 2.75) is 19.9 Å². The van der Waals surface area contributed by atoms with Crippen LogP contribution in [0.3, 0.4) is 0 Å². The third kappa shape index (κ3) is 2.15. The van der Waals surface area contributed by atoms with Crippen molar-refractivity contribution in [2.75, 3.05) is 0 Å². The van der Waals surface area contributed by atoms with Crippen LogP contribution in [0, 0.1) is 0 Å². The van der Waals surface area contributed by atoms with Gasteiger partial charge in [0, 0.05) is 29.2 Å². The summed E-state index contributed by atoms with van der Waals surface area (Å²) in [6.45, 7) is 2.93. The Bertz CT molecular complexity index is 724. The molecule has 0 saturated heterocycles. The molecule has 0 aliphatic rings. The molecule has 0 aliphatic carbocycles. The Morgan fingerprint density at radius 2 is 2.11 bits per heavy atom. The Labute approximate surface area is 117 Å². The topological polar surface area (TPSA) is 22.8 Å². The van der Waals surface area contributed by atoms with E-state index in [0.29, 0.717) is 0 Å². The lowest BCUT2D eigenvalue weighted by atomic mass is 10.2. The molecule has 0 radical (unpaired) electrons. The largest absolute Gasteiger partial charge is 0.341 e. The van der Waals surface area contributed by atoms with Crippen LogP contribution in [-0.4, -0.2) is 14.3 Å². The van der Waals surface area contributed by atoms with E-state index in [0.717, 1.165) is 34.6 Å². The first-order valence-corrected chi connectivity index (χ1v) is 6.82. The summed E-state index contributed by atoms with van der Waals surface area (Å²) in [5.74, 6) is 0. The van der Waals surface area contributed by atoms with Gasteiger partial charge in [0.1, 0.15) is 0 Å². The molecule has 3 rings (SSSR count). The predicted molar refractivity (Wildman–Crippen MR) is 78.6 cm³/mol. The van der Waals surface area contributed by atoms with E-state index in [-0.39, 0.29) is 0 Å². The third-order valence-corrected chi connectivity index (χ3v) is 3.81. The summed E-state index contributed by atoms with van der Waals surface area (Å²) in [5.41, 5.74) is 3.49. The third-order valence-electron chi connectivity index (χ3n) is 3.48. The van der Waals surface area contributed by atoms with Crippen molar-refractivity contribution in [3.63, 3.8) is 0 Å². The lowest BCUT2D eigenvalue weighted by molar-refractivity contribution is 0.669. The molecule has 0 bridgehead atoms. The minimum Gasteiger partial charge on any atom is -0.341 e. The van der Waals surface area contributed by atoms with Crippen LogP contribution in [-0.2, 0) is 20.0 Å². The van der Waals surface area contributed by atoms with Gasteiger partial charge in [-0.3, -0.25) is 4.68 Å². The van der Waals surface area contributed by atoms with Crippen LogP contribution in [0.1, 0.15) is 18.3 Å². The summed E-state index contributed by atoms with van der Waals surface area (Å²) in [7, 11) is 1.99. The number of aryl methyl sites for hydroxylation is 2. The van der Waals surface area contributed by atoms with Crippen molar-refractivity contribution in [1.29, 1.82) is 0 Å². The number of halogens is 1. The van der Waals surface area contributed by atoms with Gasteiger partial charge >= 0.3 is 0 Å². The molecule has 0 spiro atoms. The van der Waals surface area contributed by atoms with E-state index in [2.05, 4.69) is 41.0 Å². The van der Waals surface area contributed by atoms with Gasteiger partial charge in [-0.05, 0) is 30.7 Å². The van der Waals surface area contributed by atoms with Crippen molar-refractivity contribution in [1.82, 2.24) is 14.3 Å². The van der Waals surface area contributed by atoms with Crippen molar-refractivity contribution in [2.24, 2.45) is 7.05 Å². The number of nitrogens with zero attached hydrogens (tertiary/aromatic N) is 3. The van der Waals surface area contributed by atoms with Crippen LogP contribution in [0.4, 0.5) is 0 Å². The highest BCUT2D eigenvalue weighted by Crippen LogP contribution is 2.24.